The smallest absolute Gasteiger partial charge is 0.269 e. The van der Waals surface area contributed by atoms with E-state index in [1.54, 1.807) is 19.3 Å². The van der Waals surface area contributed by atoms with Crippen molar-refractivity contribution in [2.24, 2.45) is 0 Å². The van der Waals surface area contributed by atoms with E-state index in [-0.39, 0.29) is 17.6 Å². The first kappa shape index (κ1) is 13.6. The van der Waals surface area contributed by atoms with Crippen LogP contribution in [0.3, 0.4) is 0 Å². The Kier molecular flexibility index (Phi) is 3.64. The van der Waals surface area contributed by atoms with Crippen molar-refractivity contribution in [1.82, 2.24) is 10.3 Å². The Hall–Kier alpha value is -1.78. The summed E-state index contributed by atoms with van der Waals surface area (Å²) in [6.07, 6.45) is 3.94. The van der Waals surface area contributed by atoms with Gasteiger partial charge in [0.2, 0.25) is 0 Å². The van der Waals surface area contributed by atoms with Crippen molar-refractivity contribution in [3.05, 3.63) is 18.0 Å². The van der Waals surface area contributed by atoms with Crippen LogP contribution in [-0.2, 0) is 0 Å². The SMILES string of the molecule is CNC(=O)c1cc(OC(C)(C)C)c(OC2CC2)cn1. The van der Waals surface area contributed by atoms with E-state index in [9.17, 15) is 4.79 Å². The number of aromatic nitrogens is 1. The van der Waals surface area contributed by atoms with Crippen LogP contribution in [-0.4, -0.2) is 29.6 Å². The number of hydrogen-bond acceptors (Lipinski definition) is 4. The van der Waals surface area contributed by atoms with E-state index in [4.69, 9.17) is 9.47 Å². The molecule has 5 nitrogen and oxygen atoms in total. The second-order valence-electron chi connectivity index (χ2n) is 5.63. The summed E-state index contributed by atoms with van der Waals surface area (Å²) in [5.41, 5.74) is -0.0342. The van der Waals surface area contributed by atoms with E-state index in [1.807, 2.05) is 20.8 Å². The largest absolute Gasteiger partial charge is 0.485 e. The molecule has 1 aromatic heterocycles. The van der Waals surface area contributed by atoms with Gasteiger partial charge >= 0.3 is 0 Å². The zero-order valence-electron chi connectivity index (χ0n) is 11.8. The third-order valence-corrected chi connectivity index (χ3v) is 2.53. The lowest BCUT2D eigenvalue weighted by molar-refractivity contribution is 0.0953. The highest BCUT2D eigenvalue weighted by Gasteiger charge is 2.26. The van der Waals surface area contributed by atoms with E-state index in [0.717, 1.165) is 12.8 Å². The van der Waals surface area contributed by atoms with E-state index in [2.05, 4.69) is 10.3 Å². The molecule has 0 atom stereocenters. The number of nitrogens with zero attached hydrogens (tertiary/aromatic N) is 1. The Morgan fingerprint density at radius 2 is 2.05 bits per heavy atom. The standard InChI is InChI=1S/C14H20N2O3/c1-14(2,3)19-11-7-10(13(17)15-4)16-8-12(11)18-9-5-6-9/h7-9H,5-6H2,1-4H3,(H,15,17). The normalized spacial score (nSPS) is 14.9. The van der Waals surface area contributed by atoms with Crippen molar-refractivity contribution < 1.29 is 14.3 Å². The summed E-state index contributed by atoms with van der Waals surface area (Å²) < 4.78 is 11.6. The first-order valence-corrected chi connectivity index (χ1v) is 6.47. The minimum atomic E-state index is -0.358. The van der Waals surface area contributed by atoms with Crippen LogP contribution in [0.25, 0.3) is 0 Å². The molecule has 5 heteroatoms. The molecule has 19 heavy (non-hydrogen) atoms. The molecule has 104 valence electrons. The quantitative estimate of drug-likeness (QED) is 0.905. The number of hydrogen-bond donors (Lipinski definition) is 1. The zero-order valence-corrected chi connectivity index (χ0v) is 11.8. The van der Waals surface area contributed by atoms with Gasteiger partial charge < -0.3 is 14.8 Å². The van der Waals surface area contributed by atoms with Crippen LogP contribution in [0.4, 0.5) is 0 Å². The van der Waals surface area contributed by atoms with Crippen molar-refractivity contribution in [1.29, 1.82) is 0 Å². The van der Waals surface area contributed by atoms with Crippen molar-refractivity contribution in [2.75, 3.05) is 7.05 Å². The summed E-state index contributed by atoms with van der Waals surface area (Å²) in [5, 5.41) is 2.55. The van der Waals surface area contributed by atoms with Gasteiger partial charge in [-0.15, -0.1) is 0 Å². The van der Waals surface area contributed by atoms with Gasteiger partial charge in [0.1, 0.15) is 11.3 Å². The van der Waals surface area contributed by atoms with Crippen LogP contribution >= 0.6 is 0 Å². The fourth-order valence-corrected chi connectivity index (χ4v) is 1.54. The topological polar surface area (TPSA) is 60.5 Å². The van der Waals surface area contributed by atoms with Gasteiger partial charge in [-0.25, -0.2) is 4.98 Å². The molecule has 1 aliphatic carbocycles. The lowest BCUT2D eigenvalue weighted by atomic mass is 10.2. The molecule has 0 aromatic carbocycles. The lowest BCUT2D eigenvalue weighted by Gasteiger charge is -2.23. The van der Waals surface area contributed by atoms with E-state index < -0.39 is 0 Å². The van der Waals surface area contributed by atoms with Gasteiger partial charge in [-0.05, 0) is 33.6 Å². The van der Waals surface area contributed by atoms with Crippen molar-refractivity contribution >= 4 is 5.91 Å². The summed E-state index contributed by atoms with van der Waals surface area (Å²) >= 11 is 0. The maximum atomic E-state index is 11.6. The van der Waals surface area contributed by atoms with Crippen LogP contribution in [0.15, 0.2) is 12.3 Å². The average molecular weight is 264 g/mol. The predicted molar refractivity (Wildman–Crippen MR) is 71.7 cm³/mol. The Morgan fingerprint density at radius 1 is 1.37 bits per heavy atom. The Morgan fingerprint density at radius 3 is 2.58 bits per heavy atom. The first-order chi connectivity index (χ1) is 8.89. The maximum Gasteiger partial charge on any atom is 0.269 e. The Labute approximate surface area is 113 Å². The number of nitrogens with one attached hydrogen (secondary N) is 1. The number of rotatable bonds is 4. The molecule has 1 aliphatic rings. The molecule has 0 aliphatic heterocycles. The van der Waals surface area contributed by atoms with Gasteiger partial charge in [0, 0.05) is 13.1 Å². The minimum absolute atomic E-state index is 0.239. The molecule has 1 N–H and O–H groups in total. The number of carbonyl (C=O) groups is 1. The molecule has 1 saturated carbocycles. The molecule has 1 aromatic rings. The molecule has 1 heterocycles. The molecule has 0 saturated heterocycles. The third-order valence-electron chi connectivity index (χ3n) is 2.53. The van der Waals surface area contributed by atoms with Gasteiger partial charge in [-0.3, -0.25) is 4.79 Å². The van der Waals surface area contributed by atoms with Crippen LogP contribution < -0.4 is 14.8 Å². The van der Waals surface area contributed by atoms with Crippen LogP contribution in [0.1, 0.15) is 44.1 Å². The molecule has 0 radical (unpaired) electrons. The number of ether oxygens (including phenoxy) is 2. The highest BCUT2D eigenvalue weighted by molar-refractivity contribution is 5.92. The van der Waals surface area contributed by atoms with Gasteiger partial charge in [-0.2, -0.15) is 0 Å². The summed E-state index contributed by atoms with van der Waals surface area (Å²) in [6, 6.07) is 1.63. The Balaban J connectivity index is 2.28. The van der Waals surface area contributed by atoms with Crippen LogP contribution in [0.5, 0.6) is 11.5 Å². The molecular formula is C14H20N2O3. The third kappa shape index (κ3) is 3.84. The summed E-state index contributed by atoms with van der Waals surface area (Å²) in [4.78, 5) is 15.7. The second kappa shape index (κ2) is 5.07. The van der Waals surface area contributed by atoms with Crippen LogP contribution in [0.2, 0.25) is 0 Å². The van der Waals surface area contributed by atoms with E-state index in [1.165, 1.54) is 0 Å². The molecule has 2 rings (SSSR count). The fourth-order valence-electron chi connectivity index (χ4n) is 1.54. The molecule has 0 unspecified atom stereocenters. The predicted octanol–water partition coefficient (Wildman–Crippen LogP) is 2.16. The molecule has 0 spiro atoms. The number of pyridine rings is 1. The highest BCUT2D eigenvalue weighted by atomic mass is 16.5. The first-order valence-electron chi connectivity index (χ1n) is 6.47. The minimum Gasteiger partial charge on any atom is -0.485 e. The van der Waals surface area contributed by atoms with Crippen molar-refractivity contribution in [3.8, 4) is 11.5 Å². The molecule has 1 fully saturated rings. The fraction of sp³-hybridized carbons (Fsp3) is 0.571. The molecule has 0 bridgehead atoms. The lowest BCUT2D eigenvalue weighted by Crippen LogP contribution is -2.24. The van der Waals surface area contributed by atoms with Gasteiger partial charge in [0.25, 0.3) is 5.91 Å². The number of amides is 1. The van der Waals surface area contributed by atoms with Crippen LogP contribution in [0, 0.1) is 0 Å². The maximum absolute atomic E-state index is 11.6. The monoisotopic (exact) mass is 264 g/mol. The van der Waals surface area contributed by atoms with Crippen molar-refractivity contribution in [3.63, 3.8) is 0 Å². The summed E-state index contributed by atoms with van der Waals surface area (Å²) in [6.45, 7) is 5.86. The second-order valence-corrected chi connectivity index (χ2v) is 5.63. The number of carbonyl (C=O) groups excluding carboxylic acids is 1. The zero-order chi connectivity index (χ0) is 14.0. The molecule has 1 amide bonds. The average Bonchev–Trinajstić information content (AvgIpc) is 3.12. The summed E-state index contributed by atoms with van der Waals surface area (Å²) in [5.74, 6) is 0.926. The van der Waals surface area contributed by atoms with Gasteiger partial charge in [0.15, 0.2) is 11.5 Å². The van der Waals surface area contributed by atoms with Gasteiger partial charge in [0.05, 0.1) is 12.3 Å². The highest BCUT2D eigenvalue weighted by Crippen LogP contribution is 2.35. The Bertz CT molecular complexity index is 476. The van der Waals surface area contributed by atoms with E-state index >= 15 is 0 Å². The van der Waals surface area contributed by atoms with E-state index in [0.29, 0.717) is 17.2 Å². The summed E-state index contributed by atoms with van der Waals surface area (Å²) in [7, 11) is 1.57. The molecular weight excluding hydrogens is 244 g/mol. The van der Waals surface area contributed by atoms with Crippen molar-refractivity contribution in [2.45, 2.75) is 45.3 Å². The van der Waals surface area contributed by atoms with Gasteiger partial charge in [-0.1, -0.05) is 0 Å².